The smallest absolute Gasteiger partial charge is 0.236 e. The summed E-state index contributed by atoms with van der Waals surface area (Å²) in [6.07, 6.45) is 6.25. The van der Waals surface area contributed by atoms with Crippen molar-refractivity contribution in [1.82, 2.24) is 24.3 Å². The molecule has 1 aromatic carbocycles. The van der Waals surface area contributed by atoms with E-state index in [9.17, 15) is 4.79 Å². The number of hydrogen-bond acceptors (Lipinski definition) is 4. The zero-order valence-corrected chi connectivity index (χ0v) is 17.5. The molecule has 0 bridgehead atoms. The largest absolute Gasteiger partial charge is 0.342 e. The summed E-state index contributed by atoms with van der Waals surface area (Å²) in [5.41, 5.74) is 1.16. The lowest BCUT2D eigenvalue weighted by molar-refractivity contribution is -0.134. The van der Waals surface area contributed by atoms with Gasteiger partial charge in [0, 0.05) is 70.3 Å². The van der Waals surface area contributed by atoms with Gasteiger partial charge < -0.3 is 9.47 Å². The van der Waals surface area contributed by atoms with Crippen molar-refractivity contribution in [3.63, 3.8) is 0 Å². The van der Waals surface area contributed by atoms with E-state index in [4.69, 9.17) is 0 Å². The second-order valence-corrected chi connectivity index (χ2v) is 8.49. The van der Waals surface area contributed by atoms with E-state index >= 15 is 0 Å². The second kappa shape index (κ2) is 9.55. The molecule has 6 nitrogen and oxygen atoms in total. The van der Waals surface area contributed by atoms with Gasteiger partial charge >= 0.3 is 0 Å². The molecule has 2 aromatic rings. The van der Waals surface area contributed by atoms with E-state index < -0.39 is 0 Å². The number of benzene rings is 1. The minimum absolute atomic E-state index is 0.316. The number of amides is 1. The Hall–Kier alpha value is -2.18. The molecule has 0 spiro atoms. The van der Waals surface area contributed by atoms with Crippen LogP contribution in [0.4, 0.5) is 0 Å². The van der Waals surface area contributed by atoms with Gasteiger partial charge in [0.1, 0.15) is 5.82 Å². The molecule has 6 heteroatoms. The van der Waals surface area contributed by atoms with Crippen LogP contribution in [0.3, 0.4) is 0 Å². The molecule has 0 atom stereocenters. The van der Waals surface area contributed by atoms with Crippen LogP contribution in [0, 0.1) is 5.92 Å². The Morgan fingerprint density at radius 2 is 1.66 bits per heavy atom. The Balaban J connectivity index is 1.21. The third kappa shape index (κ3) is 5.25. The number of imidazole rings is 1. The van der Waals surface area contributed by atoms with Gasteiger partial charge in [-0.1, -0.05) is 37.3 Å². The third-order valence-corrected chi connectivity index (χ3v) is 6.36. The number of rotatable bonds is 6. The minimum Gasteiger partial charge on any atom is -0.342 e. The van der Waals surface area contributed by atoms with E-state index in [0.717, 1.165) is 82.5 Å². The number of aromatic nitrogens is 2. The number of hydrogen-bond donors (Lipinski definition) is 0. The van der Waals surface area contributed by atoms with Crippen LogP contribution in [-0.4, -0.2) is 82.5 Å². The van der Waals surface area contributed by atoms with Crippen LogP contribution >= 0.6 is 0 Å². The SMILES string of the molecule is CC1CCN(C(=O)CN2CCN(CCn3ccnc3-c3ccccc3)CC2)CC1. The highest BCUT2D eigenvalue weighted by molar-refractivity contribution is 5.78. The van der Waals surface area contributed by atoms with Gasteiger partial charge in [0.15, 0.2) is 0 Å². The van der Waals surface area contributed by atoms with Crippen molar-refractivity contribution in [2.24, 2.45) is 5.92 Å². The maximum atomic E-state index is 12.6. The average Bonchev–Trinajstić information content (AvgIpc) is 3.23. The lowest BCUT2D eigenvalue weighted by Gasteiger charge is -2.36. The van der Waals surface area contributed by atoms with Crippen molar-refractivity contribution < 1.29 is 4.79 Å². The molecule has 0 saturated carbocycles. The monoisotopic (exact) mass is 395 g/mol. The van der Waals surface area contributed by atoms with Gasteiger partial charge in [-0.3, -0.25) is 14.6 Å². The fraction of sp³-hybridized carbons (Fsp3) is 0.565. The highest BCUT2D eigenvalue weighted by atomic mass is 16.2. The van der Waals surface area contributed by atoms with Crippen molar-refractivity contribution in [3.05, 3.63) is 42.7 Å². The summed E-state index contributed by atoms with van der Waals surface area (Å²) >= 11 is 0. The standard InChI is InChI=1S/C23H33N5O/c1-20-7-10-27(11-8-20)22(29)19-26-15-13-25(14-16-26)17-18-28-12-9-24-23(28)21-5-3-2-4-6-21/h2-6,9,12,20H,7-8,10-11,13-19H2,1H3. The average molecular weight is 396 g/mol. The van der Waals surface area contributed by atoms with E-state index in [1.165, 1.54) is 0 Å². The van der Waals surface area contributed by atoms with Gasteiger partial charge in [0.2, 0.25) is 5.91 Å². The number of nitrogens with zero attached hydrogens (tertiary/aromatic N) is 5. The molecule has 0 N–H and O–H groups in total. The first-order chi connectivity index (χ1) is 14.2. The molecule has 0 radical (unpaired) electrons. The van der Waals surface area contributed by atoms with Gasteiger partial charge in [0.25, 0.3) is 0 Å². The molecule has 1 amide bonds. The number of piperazine rings is 1. The lowest BCUT2D eigenvalue weighted by atomic mass is 9.99. The van der Waals surface area contributed by atoms with Crippen LogP contribution in [0.15, 0.2) is 42.7 Å². The molecule has 156 valence electrons. The van der Waals surface area contributed by atoms with E-state index in [2.05, 4.69) is 61.6 Å². The van der Waals surface area contributed by atoms with Crippen molar-refractivity contribution >= 4 is 5.91 Å². The first kappa shape index (κ1) is 20.1. The number of carbonyl (C=O) groups excluding carboxylic acids is 1. The Labute approximate surface area is 174 Å². The maximum absolute atomic E-state index is 12.6. The zero-order chi connectivity index (χ0) is 20.1. The predicted molar refractivity (Wildman–Crippen MR) is 116 cm³/mol. The van der Waals surface area contributed by atoms with E-state index in [-0.39, 0.29) is 0 Å². The normalized spacial score (nSPS) is 19.6. The molecule has 2 fully saturated rings. The van der Waals surface area contributed by atoms with Crippen LogP contribution in [0.2, 0.25) is 0 Å². The third-order valence-electron chi connectivity index (χ3n) is 6.36. The predicted octanol–water partition coefficient (Wildman–Crippen LogP) is 2.43. The molecule has 2 saturated heterocycles. The van der Waals surface area contributed by atoms with Crippen molar-refractivity contribution in [2.45, 2.75) is 26.3 Å². The van der Waals surface area contributed by atoms with Crippen molar-refractivity contribution in [3.8, 4) is 11.4 Å². The van der Waals surface area contributed by atoms with Gasteiger partial charge in [-0.25, -0.2) is 4.98 Å². The molecule has 0 unspecified atom stereocenters. The minimum atomic E-state index is 0.316. The van der Waals surface area contributed by atoms with Gasteiger partial charge in [0.05, 0.1) is 6.54 Å². The molecule has 0 aliphatic carbocycles. The van der Waals surface area contributed by atoms with Crippen LogP contribution in [0.1, 0.15) is 19.8 Å². The number of carbonyl (C=O) groups is 1. The van der Waals surface area contributed by atoms with Crippen LogP contribution in [-0.2, 0) is 11.3 Å². The molecule has 29 heavy (non-hydrogen) atoms. The lowest BCUT2D eigenvalue weighted by Crippen LogP contribution is -2.51. The molecular weight excluding hydrogens is 362 g/mol. The summed E-state index contributed by atoms with van der Waals surface area (Å²) in [5, 5.41) is 0. The van der Waals surface area contributed by atoms with Gasteiger partial charge in [-0.2, -0.15) is 0 Å². The molecule has 2 aliphatic heterocycles. The summed E-state index contributed by atoms with van der Waals surface area (Å²) in [6.45, 7) is 10.7. The molecule has 1 aromatic heterocycles. The first-order valence-electron chi connectivity index (χ1n) is 11.0. The molecule has 2 aliphatic rings. The van der Waals surface area contributed by atoms with Crippen molar-refractivity contribution in [2.75, 3.05) is 52.4 Å². The molecular formula is C23H33N5O. The molecule has 3 heterocycles. The summed E-state index contributed by atoms with van der Waals surface area (Å²) in [5.74, 6) is 2.11. The second-order valence-electron chi connectivity index (χ2n) is 8.49. The zero-order valence-electron chi connectivity index (χ0n) is 17.5. The maximum Gasteiger partial charge on any atom is 0.236 e. The van der Waals surface area contributed by atoms with E-state index in [1.807, 2.05) is 12.3 Å². The summed E-state index contributed by atoms with van der Waals surface area (Å²) in [6, 6.07) is 10.4. The van der Waals surface area contributed by atoms with Gasteiger partial charge in [-0.15, -0.1) is 0 Å². The first-order valence-corrected chi connectivity index (χ1v) is 11.0. The van der Waals surface area contributed by atoms with Crippen molar-refractivity contribution in [1.29, 1.82) is 0 Å². The summed E-state index contributed by atoms with van der Waals surface area (Å²) in [4.78, 5) is 24.0. The molecule has 4 rings (SSSR count). The summed E-state index contributed by atoms with van der Waals surface area (Å²) < 4.78 is 2.24. The van der Waals surface area contributed by atoms with Gasteiger partial charge in [-0.05, 0) is 18.8 Å². The Morgan fingerprint density at radius 1 is 0.966 bits per heavy atom. The Kier molecular flexibility index (Phi) is 6.62. The summed E-state index contributed by atoms with van der Waals surface area (Å²) in [7, 11) is 0. The van der Waals surface area contributed by atoms with Crippen LogP contribution in [0.5, 0.6) is 0 Å². The van der Waals surface area contributed by atoms with E-state index in [1.54, 1.807) is 0 Å². The number of likely N-dealkylation sites (tertiary alicyclic amines) is 1. The Morgan fingerprint density at radius 3 is 2.38 bits per heavy atom. The topological polar surface area (TPSA) is 44.6 Å². The van der Waals surface area contributed by atoms with E-state index in [0.29, 0.717) is 12.5 Å². The quantitative estimate of drug-likeness (QED) is 0.754. The highest BCUT2D eigenvalue weighted by Crippen LogP contribution is 2.18. The van der Waals surface area contributed by atoms with Crippen LogP contribution < -0.4 is 0 Å². The fourth-order valence-corrected chi connectivity index (χ4v) is 4.31. The number of piperidine rings is 1. The Bertz CT molecular complexity index is 774. The fourth-order valence-electron chi connectivity index (χ4n) is 4.31. The highest BCUT2D eigenvalue weighted by Gasteiger charge is 2.24. The van der Waals surface area contributed by atoms with Crippen LogP contribution in [0.25, 0.3) is 11.4 Å².